The summed E-state index contributed by atoms with van der Waals surface area (Å²) in [6.45, 7) is 0. The second-order valence-electron chi connectivity index (χ2n) is 4.02. The van der Waals surface area contributed by atoms with Gasteiger partial charge in [0, 0.05) is 34.3 Å². The zero-order valence-electron chi connectivity index (χ0n) is 8.19. The second-order valence-corrected chi connectivity index (χ2v) is 5.01. The van der Waals surface area contributed by atoms with Crippen molar-refractivity contribution < 1.29 is 4.79 Å². The fourth-order valence-electron chi connectivity index (χ4n) is 2.29. The first-order valence-electron chi connectivity index (χ1n) is 4.81. The molecule has 1 aliphatic heterocycles. The van der Waals surface area contributed by atoms with E-state index >= 15 is 0 Å². The van der Waals surface area contributed by atoms with Crippen LogP contribution in [0, 0.1) is 0 Å². The van der Waals surface area contributed by atoms with Gasteiger partial charge in [0.2, 0.25) is 5.91 Å². The van der Waals surface area contributed by atoms with E-state index in [1.807, 2.05) is 0 Å². The van der Waals surface area contributed by atoms with Crippen molar-refractivity contribution in [1.29, 1.82) is 0 Å². The van der Waals surface area contributed by atoms with Gasteiger partial charge in [0.15, 0.2) is 0 Å². The molecule has 1 saturated carbocycles. The summed E-state index contributed by atoms with van der Waals surface area (Å²) in [4.78, 5) is 21.5. The number of anilines is 1. The van der Waals surface area contributed by atoms with Crippen LogP contribution >= 0.6 is 24.4 Å². The smallest absolute Gasteiger partial charge is 0.237 e. The Hall–Kier alpha value is -1.27. The number of hydrogen-bond donors (Lipinski definition) is 1. The highest BCUT2D eigenvalue weighted by Crippen LogP contribution is 2.45. The summed E-state index contributed by atoms with van der Waals surface area (Å²) in [7, 11) is 0. The number of hydrogen-bond acceptors (Lipinski definition) is 5. The van der Waals surface area contributed by atoms with Crippen molar-refractivity contribution in [3.63, 3.8) is 0 Å². The SMILES string of the molecule is O=C1Nc2ncncc2C12CC(=S)C(=S)C2. The molecule has 80 valence electrons. The number of rotatable bonds is 0. The Morgan fingerprint density at radius 2 is 2.00 bits per heavy atom. The van der Waals surface area contributed by atoms with Gasteiger partial charge in [-0.25, -0.2) is 9.97 Å². The number of nitrogens with one attached hydrogen (secondary N) is 1. The van der Waals surface area contributed by atoms with Crippen LogP contribution in [0.4, 0.5) is 5.82 Å². The van der Waals surface area contributed by atoms with E-state index in [0.717, 1.165) is 5.56 Å². The second kappa shape index (κ2) is 3.11. The van der Waals surface area contributed by atoms with Gasteiger partial charge in [-0.05, 0) is 0 Å². The van der Waals surface area contributed by atoms with Crippen molar-refractivity contribution in [3.8, 4) is 0 Å². The van der Waals surface area contributed by atoms with Crippen molar-refractivity contribution in [2.75, 3.05) is 5.32 Å². The molecule has 1 fully saturated rings. The van der Waals surface area contributed by atoms with Crippen LogP contribution < -0.4 is 5.32 Å². The van der Waals surface area contributed by atoms with Crippen molar-refractivity contribution >= 4 is 45.9 Å². The van der Waals surface area contributed by atoms with Crippen LogP contribution in [0.3, 0.4) is 0 Å². The molecule has 0 unspecified atom stereocenters. The molecule has 1 amide bonds. The predicted molar refractivity (Wildman–Crippen MR) is 66.8 cm³/mol. The molecule has 6 heteroatoms. The Kier molecular flexibility index (Phi) is 1.93. The molecule has 16 heavy (non-hydrogen) atoms. The normalized spacial score (nSPS) is 21.4. The largest absolute Gasteiger partial charge is 0.310 e. The summed E-state index contributed by atoms with van der Waals surface area (Å²) in [6.07, 6.45) is 4.11. The Bertz CT molecular complexity index is 525. The molecule has 1 N–H and O–H groups in total. The molecule has 0 radical (unpaired) electrons. The minimum absolute atomic E-state index is 0.0646. The molecule has 3 rings (SSSR count). The number of thiocarbonyl (C=S) groups is 2. The third kappa shape index (κ3) is 1.11. The van der Waals surface area contributed by atoms with Crippen molar-refractivity contribution in [2.24, 2.45) is 0 Å². The van der Waals surface area contributed by atoms with Gasteiger partial charge in [0.05, 0.1) is 5.41 Å². The lowest BCUT2D eigenvalue weighted by Crippen LogP contribution is -2.31. The highest BCUT2D eigenvalue weighted by atomic mass is 32.1. The average Bonchev–Trinajstić information content (AvgIpc) is 2.69. The third-order valence-electron chi connectivity index (χ3n) is 3.13. The Labute approximate surface area is 102 Å². The van der Waals surface area contributed by atoms with E-state index in [9.17, 15) is 4.79 Å². The maximum Gasteiger partial charge on any atom is 0.237 e. The minimum atomic E-state index is -0.634. The van der Waals surface area contributed by atoms with Gasteiger partial charge < -0.3 is 5.32 Å². The molecule has 1 aromatic rings. The first-order valence-corrected chi connectivity index (χ1v) is 5.63. The number of aromatic nitrogens is 2. The lowest BCUT2D eigenvalue weighted by molar-refractivity contribution is -0.120. The standard InChI is InChI=1S/C10H7N3OS2/c14-9-10(1-6(15)7(16)2-10)5-3-11-4-12-8(5)13-9/h3-4H,1-2H2,(H,11,12,13,14). The van der Waals surface area contributed by atoms with Crippen LogP contribution in [0.1, 0.15) is 18.4 Å². The topological polar surface area (TPSA) is 54.9 Å². The van der Waals surface area contributed by atoms with Crippen LogP contribution in [-0.2, 0) is 10.2 Å². The predicted octanol–water partition coefficient (Wildman–Crippen LogP) is 1.20. The number of carbonyl (C=O) groups excluding carboxylic acids is 1. The lowest BCUT2D eigenvalue weighted by Gasteiger charge is -2.18. The molecular formula is C10H7N3OS2. The van der Waals surface area contributed by atoms with Gasteiger partial charge in [0.25, 0.3) is 0 Å². The number of fused-ring (bicyclic) bond motifs is 2. The molecule has 0 saturated heterocycles. The van der Waals surface area contributed by atoms with Crippen LogP contribution in [-0.4, -0.2) is 25.6 Å². The fraction of sp³-hybridized carbons (Fsp3) is 0.300. The minimum Gasteiger partial charge on any atom is -0.310 e. The molecule has 0 atom stereocenters. The first-order chi connectivity index (χ1) is 7.63. The zero-order valence-corrected chi connectivity index (χ0v) is 9.82. The number of amides is 1. The Morgan fingerprint density at radius 3 is 2.69 bits per heavy atom. The van der Waals surface area contributed by atoms with Crippen LogP contribution in [0.25, 0.3) is 0 Å². The molecule has 2 heterocycles. The van der Waals surface area contributed by atoms with Gasteiger partial charge in [-0.3, -0.25) is 4.79 Å². The monoisotopic (exact) mass is 249 g/mol. The summed E-state index contributed by atoms with van der Waals surface area (Å²) in [5.41, 5.74) is 0.187. The van der Waals surface area contributed by atoms with Gasteiger partial charge in [-0.1, -0.05) is 24.4 Å². The Morgan fingerprint density at radius 1 is 1.31 bits per heavy atom. The quantitative estimate of drug-likeness (QED) is 0.700. The maximum absolute atomic E-state index is 12.0. The summed E-state index contributed by atoms with van der Waals surface area (Å²) >= 11 is 10.3. The first kappa shape index (κ1) is 9.92. The molecule has 1 aromatic heterocycles. The number of carbonyl (C=O) groups is 1. The highest BCUT2D eigenvalue weighted by molar-refractivity contribution is 7.89. The van der Waals surface area contributed by atoms with Gasteiger partial charge in [-0.2, -0.15) is 0 Å². The van der Waals surface area contributed by atoms with E-state index < -0.39 is 5.41 Å². The van der Waals surface area contributed by atoms with E-state index in [1.165, 1.54) is 6.33 Å². The number of nitrogens with zero attached hydrogens (tertiary/aromatic N) is 2. The fourth-order valence-corrected chi connectivity index (χ4v) is 2.92. The summed E-state index contributed by atoms with van der Waals surface area (Å²) in [5.74, 6) is 0.526. The van der Waals surface area contributed by atoms with E-state index in [-0.39, 0.29) is 5.91 Å². The molecular weight excluding hydrogens is 242 g/mol. The summed E-state index contributed by atoms with van der Waals surface area (Å²) in [5, 5.41) is 2.76. The third-order valence-corrected chi connectivity index (χ3v) is 4.04. The van der Waals surface area contributed by atoms with E-state index in [0.29, 0.717) is 28.4 Å². The summed E-state index contributed by atoms with van der Waals surface area (Å²) in [6, 6.07) is 0. The lowest BCUT2D eigenvalue weighted by atomic mass is 9.81. The van der Waals surface area contributed by atoms with Gasteiger partial charge >= 0.3 is 0 Å². The highest BCUT2D eigenvalue weighted by Gasteiger charge is 2.52. The Balaban J connectivity index is 2.19. The van der Waals surface area contributed by atoms with Crippen molar-refractivity contribution in [2.45, 2.75) is 18.3 Å². The molecule has 0 bridgehead atoms. The van der Waals surface area contributed by atoms with Gasteiger partial charge in [0.1, 0.15) is 12.1 Å². The maximum atomic E-state index is 12.0. The van der Waals surface area contributed by atoms with Crippen LogP contribution in [0.5, 0.6) is 0 Å². The van der Waals surface area contributed by atoms with Crippen LogP contribution in [0.2, 0.25) is 0 Å². The van der Waals surface area contributed by atoms with E-state index in [4.69, 9.17) is 24.4 Å². The molecule has 1 aliphatic carbocycles. The molecule has 4 nitrogen and oxygen atoms in total. The molecule has 0 aromatic carbocycles. The zero-order chi connectivity index (χ0) is 11.3. The van der Waals surface area contributed by atoms with Crippen molar-refractivity contribution in [1.82, 2.24) is 9.97 Å². The van der Waals surface area contributed by atoms with Gasteiger partial charge in [-0.15, -0.1) is 0 Å². The van der Waals surface area contributed by atoms with Crippen LogP contribution in [0.15, 0.2) is 12.5 Å². The average molecular weight is 249 g/mol. The van der Waals surface area contributed by atoms with E-state index in [1.54, 1.807) is 6.20 Å². The molecule has 1 spiro atoms. The summed E-state index contributed by atoms with van der Waals surface area (Å²) < 4.78 is 0. The van der Waals surface area contributed by atoms with E-state index in [2.05, 4.69) is 15.3 Å². The molecule has 2 aliphatic rings. The van der Waals surface area contributed by atoms with Crippen molar-refractivity contribution in [3.05, 3.63) is 18.1 Å².